The van der Waals surface area contributed by atoms with Gasteiger partial charge in [0.25, 0.3) is 0 Å². The second-order valence-corrected chi connectivity index (χ2v) is 6.09. The normalized spacial score (nSPS) is 34.1. The van der Waals surface area contributed by atoms with E-state index in [0.29, 0.717) is 16.4 Å². The van der Waals surface area contributed by atoms with Crippen LogP contribution in [0.25, 0.3) is 0 Å². The van der Waals surface area contributed by atoms with Crippen molar-refractivity contribution in [2.45, 2.75) is 44.1 Å². The lowest BCUT2D eigenvalue weighted by Gasteiger charge is -2.32. The molecule has 0 saturated carbocycles. The fourth-order valence-corrected chi connectivity index (χ4v) is 3.38. The Hall–Kier alpha value is -0.290. The summed E-state index contributed by atoms with van der Waals surface area (Å²) in [4.78, 5) is 0. The van der Waals surface area contributed by atoms with Gasteiger partial charge in [-0.15, -0.1) is 0 Å². The molecule has 5 heteroatoms. The largest absolute Gasteiger partial charge is 0.375 e. The van der Waals surface area contributed by atoms with E-state index >= 15 is 0 Å². The predicted octanol–water partition coefficient (Wildman–Crippen LogP) is 2.12. The van der Waals surface area contributed by atoms with Crippen LogP contribution in [-0.4, -0.2) is 21.3 Å². The molecule has 0 unspecified atom stereocenters. The Balaban J connectivity index is 2.69. The van der Waals surface area contributed by atoms with E-state index in [2.05, 4.69) is 43.1 Å². The number of hydrogen-bond donors (Lipinski definition) is 2. The summed E-state index contributed by atoms with van der Waals surface area (Å²) in [5.41, 5.74) is 9.26. The molecule has 0 bridgehead atoms. The number of nitrogens with one attached hydrogen (secondary N) is 1. The Morgan fingerprint density at radius 3 is 2.87 bits per heavy atom. The molecule has 1 rings (SSSR count). The van der Waals surface area contributed by atoms with Gasteiger partial charge in [-0.2, -0.15) is 16.9 Å². The lowest BCUT2D eigenvalue weighted by molar-refractivity contribution is 0.645. The second kappa shape index (κ2) is 5.70. The van der Waals surface area contributed by atoms with Crippen LogP contribution >= 0.6 is 24.0 Å². The average molecular weight is 245 g/mol. The van der Waals surface area contributed by atoms with Gasteiger partial charge in [-0.25, -0.2) is 0 Å². The van der Waals surface area contributed by atoms with E-state index in [0.717, 1.165) is 6.42 Å². The van der Waals surface area contributed by atoms with Crippen molar-refractivity contribution in [3.63, 3.8) is 0 Å². The summed E-state index contributed by atoms with van der Waals surface area (Å²) in [6.07, 6.45) is 2.21. The summed E-state index contributed by atoms with van der Waals surface area (Å²) in [6.45, 7) is 6.70. The van der Waals surface area contributed by atoms with Gasteiger partial charge in [-0.3, -0.25) is 5.43 Å². The van der Waals surface area contributed by atoms with Crippen molar-refractivity contribution in [3.8, 4) is 0 Å². The van der Waals surface area contributed by atoms with Crippen molar-refractivity contribution in [2.24, 2.45) is 16.8 Å². The van der Waals surface area contributed by atoms with E-state index in [1.165, 1.54) is 12.1 Å². The summed E-state index contributed by atoms with van der Waals surface area (Å²) < 4.78 is 0. The summed E-state index contributed by atoms with van der Waals surface area (Å²) in [6, 6.07) is 0. The molecule has 3 atom stereocenters. The van der Waals surface area contributed by atoms with Gasteiger partial charge in [0.15, 0.2) is 5.11 Å². The standard InChI is InChI=1S/C10H19N3S2/c1-4-9-7(3)8(5-6(2)15-9)12-13-10(11)14/h6-7,9H,4-5H2,1-3H3,(H3,11,13,14)/b12-8+/t6-,7-,9+/m0/s1. The van der Waals surface area contributed by atoms with Gasteiger partial charge in [-0.1, -0.05) is 20.8 Å². The lowest BCUT2D eigenvalue weighted by Crippen LogP contribution is -2.35. The molecule has 0 aliphatic carbocycles. The monoisotopic (exact) mass is 245 g/mol. The lowest BCUT2D eigenvalue weighted by atomic mass is 9.95. The van der Waals surface area contributed by atoms with Crippen LogP contribution in [0.15, 0.2) is 5.10 Å². The maximum absolute atomic E-state index is 5.36. The maximum atomic E-state index is 5.36. The SMILES string of the molecule is CC[C@H]1S[C@@H](C)C/C(=N\NC(N)=S)[C@@H]1C. The summed E-state index contributed by atoms with van der Waals surface area (Å²) in [5.74, 6) is 0.512. The zero-order chi connectivity index (χ0) is 11.4. The number of rotatable bonds is 2. The van der Waals surface area contributed by atoms with Crippen LogP contribution in [0, 0.1) is 5.92 Å². The van der Waals surface area contributed by atoms with E-state index in [-0.39, 0.29) is 5.11 Å². The quantitative estimate of drug-likeness (QED) is 0.578. The molecule has 0 aromatic rings. The van der Waals surface area contributed by atoms with Crippen LogP contribution in [0.2, 0.25) is 0 Å². The topological polar surface area (TPSA) is 50.4 Å². The molecular formula is C10H19N3S2. The van der Waals surface area contributed by atoms with E-state index in [1.54, 1.807) is 0 Å². The second-order valence-electron chi connectivity index (χ2n) is 3.97. The molecule has 15 heavy (non-hydrogen) atoms. The van der Waals surface area contributed by atoms with Crippen LogP contribution < -0.4 is 11.2 Å². The molecule has 3 nitrogen and oxygen atoms in total. The van der Waals surface area contributed by atoms with Gasteiger partial charge in [0.05, 0.1) is 0 Å². The Labute approximate surface area is 101 Å². The van der Waals surface area contributed by atoms with E-state index in [1.807, 2.05) is 0 Å². The maximum Gasteiger partial charge on any atom is 0.184 e. The molecule has 1 saturated heterocycles. The first kappa shape index (κ1) is 12.8. The van der Waals surface area contributed by atoms with E-state index < -0.39 is 0 Å². The molecule has 86 valence electrons. The minimum Gasteiger partial charge on any atom is -0.375 e. The number of hydrazone groups is 1. The van der Waals surface area contributed by atoms with Crippen molar-refractivity contribution in [1.82, 2.24) is 5.43 Å². The van der Waals surface area contributed by atoms with Gasteiger partial charge in [0.2, 0.25) is 0 Å². The third-order valence-electron chi connectivity index (χ3n) is 2.70. The van der Waals surface area contributed by atoms with Crippen molar-refractivity contribution in [2.75, 3.05) is 0 Å². The van der Waals surface area contributed by atoms with Gasteiger partial charge < -0.3 is 5.73 Å². The minimum absolute atomic E-state index is 0.244. The van der Waals surface area contributed by atoms with Crippen LogP contribution in [0.3, 0.4) is 0 Å². The van der Waals surface area contributed by atoms with Crippen LogP contribution in [0.4, 0.5) is 0 Å². The minimum atomic E-state index is 0.244. The van der Waals surface area contributed by atoms with E-state index in [4.69, 9.17) is 18.0 Å². The van der Waals surface area contributed by atoms with Gasteiger partial charge >= 0.3 is 0 Å². The number of nitrogens with two attached hydrogens (primary N) is 1. The molecule has 0 aromatic heterocycles. The summed E-state index contributed by atoms with van der Waals surface area (Å²) >= 11 is 6.80. The number of thioether (sulfide) groups is 1. The smallest absolute Gasteiger partial charge is 0.184 e. The highest BCUT2D eigenvalue weighted by Crippen LogP contribution is 2.35. The first-order valence-corrected chi connectivity index (χ1v) is 6.67. The zero-order valence-corrected chi connectivity index (χ0v) is 11.1. The fourth-order valence-electron chi connectivity index (χ4n) is 1.88. The summed E-state index contributed by atoms with van der Waals surface area (Å²) in [5, 5.41) is 5.85. The Morgan fingerprint density at radius 2 is 2.33 bits per heavy atom. The molecule has 0 aromatic carbocycles. The van der Waals surface area contributed by atoms with Crippen LogP contribution in [0.1, 0.15) is 33.6 Å². The molecule has 0 radical (unpaired) electrons. The molecule has 1 aliphatic heterocycles. The zero-order valence-electron chi connectivity index (χ0n) is 9.49. The van der Waals surface area contributed by atoms with Crippen LogP contribution in [-0.2, 0) is 0 Å². The molecule has 1 heterocycles. The highest BCUT2D eigenvalue weighted by molar-refractivity contribution is 8.00. The van der Waals surface area contributed by atoms with Gasteiger partial charge in [-0.05, 0) is 25.1 Å². The average Bonchev–Trinajstić information content (AvgIpc) is 2.18. The Morgan fingerprint density at radius 1 is 1.67 bits per heavy atom. The third-order valence-corrected chi connectivity index (χ3v) is 4.51. The molecule has 1 aliphatic rings. The van der Waals surface area contributed by atoms with Gasteiger partial charge in [0.1, 0.15) is 0 Å². The first-order valence-electron chi connectivity index (χ1n) is 5.32. The number of thiocarbonyl (C=S) groups is 1. The van der Waals surface area contributed by atoms with Crippen molar-refractivity contribution < 1.29 is 0 Å². The highest BCUT2D eigenvalue weighted by atomic mass is 32.2. The summed E-state index contributed by atoms with van der Waals surface area (Å²) in [7, 11) is 0. The predicted molar refractivity (Wildman–Crippen MR) is 72.3 cm³/mol. The molecular weight excluding hydrogens is 226 g/mol. The Kier molecular flexibility index (Phi) is 4.86. The number of hydrogen-bond acceptors (Lipinski definition) is 3. The van der Waals surface area contributed by atoms with Crippen molar-refractivity contribution in [3.05, 3.63) is 0 Å². The van der Waals surface area contributed by atoms with Gasteiger partial charge in [0, 0.05) is 22.1 Å². The molecule has 0 spiro atoms. The Bertz CT molecular complexity index is 265. The molecule has 0 amide bonds. The molecule has 1 fully saturated rings. The van der Waals surface area contributed by atoms with Crippen molar-refractivity contribution >= 4 is 34.8 Å². The number of nitrogens with zero attached hydrogens (tertiary/aromatic N) is 1. The van der Waals surface area contributed by atoms with E-state index in [9.17, 15) is 0 Å². The third kappa shape index (κ3) is 3.65. The first-order chi connectivity index (χ1) is 7.04. The van der Waals surface area contributed by atoms with Crippen LogP contribution in [0.5, 0.6) is 0 Å². The fraction of sp³-hybridized carbons (Fsp3) is 0.800. The highest BCUT2D eigenvalue weighted by Gasteiger charge is 2.29. The van der Waals surface area contributed by atoms with Crippen molar-refractivity contribution in [1.29, 1.82) is 0 Å². The molecule has 3 N–H and O–H groups in total.